The predicted molar refractivity (Wildman–Crippen MR) is 73.1 cm³/mol. The summed E-state index contributed by atoms with van der Waals surface area (Å²) >= 11 is 0. The Hall–Kier alpha value is -2.08. The minimum absolute atomic E-state index is 2.00. The van der Waals surface area contributed by atoms with Gasteiger partial charge in [-0.25, -0.2) is 0 Å². The summed E-state index contributed by atoms with van der Waals surface area (Å²) in [5, 5.41) is 0. The molecule has 0 atom stereocenters. The van der Waals surface area contributed by atoms with Crippen LogP contribution in [0.5, 0.6) is 0 Å². The van der Waals surface area contributed by atoms with Crippen LogP contribution >= 0.6 is 0 Å². The fourth-order valence-electron chi connectivity index (χ4n) is 1.03. The van der Waals surface area contributed by atoms with Crippen LogP contribution in [-0.4, -0.2) is 0 Å². The summed E-state index contributed by atoms with van der Waals surface area (Å²) < 4.78 is 0. The van der Waals surface area contributed by atoms with E-state index in [1.165, 1.54) is 0 Å². The molecule has 0 fully saturated rings. The van der Waals surface area contributed by atoms with Crippen LogP contribution in [0.25, 0.3) is 0 Å². The molecule has 0 spiro atoms. The Kier molecular flexibility index (Phi) is 7.10. The van der Waals surface area contributed by atoms with E-state index in [1.807, 2.05) is 97.2 Å². The molecule has 0 amide bonds. The summed E-state index contributed by atoms with van der Waals surface area (Å²) in [6.45, 7) is 0. The van der Waals surface area contributed by atoms with Crippen LogP contribution < -0.4 is 0 Å². The number of hydrogen-bond donors (Lipinski definition) is 0. The molecule has 0 nitrogen and oxygen atoms in total. The van der Waals surface area contributed by atoms with E-state index >= 15 is 0 Å². The average Bonchev–Trinajstić information content (AvgIpc) is 2.29. The van der Waals surface area contributed by atoms with Gasteiger partial charge in [0.15, 0.2) is 0 Å². The van der Waals surface area contributed by atoms with Crippen molar-refractivity contribution in [1.82, 2.24) is 0 Å². The van der Waals surface area contributed by atoms with Gasteiger partial charge in [-0.1, -0.05) is 97.2 Å². The molecule has 0 aliphatic heterocycles. The Morgan fingerprint density at radius 1 is 0.125 bits per heavy atom. The summed E-state index contributed by atoms with van der Waals surface area (Å²) in [6, 6.07) is 0. The SMILES string of the molecule is C1=C\C=C\C=C/C=C\C=C\C=C\C=C\C=C/1. The van der Waals surface area contributed by atoms with Gasteiger partial charge in [-0.15, -0.1) is 0 Å². The molecule has 0 saturated carbocycles. The van der Waals surface area contributed by atoms with Gasteiger partial charge in [-0.2, -0.15) is 0 Å². The van der Waals surface area contributed by atoms with Crippen molar-refractivity contribution in [2.45, 2.75) is 0 Å². The second-order valence-electron chi connectivity index (χ2n) is 3.08. The van der Waals surface area contributed by atoms with E-state index in [1.54, 1.807) is 0 Å². The largest absolute Gasteiger partial charge is 0.0623 e. The fraction of sp³-hybridized carbons (Fsp3) is 0. The van der Waals surface area contributed by atoms with Crippen molar-refractivity contribution in [3.63, 3.8) is 0 Å². The molecule has 0 aromatic carbocycles. The van der Waals surface area contributed by atoms with E-state index in [2.05, 4.69) is 0 Å². The van der Waals surface area contributed by atoms with Crippen LogP contribution in [-0.2, 0) is 0 Å². The molecule has 0 bridgehead atoms. The first-order valence-electron chi connectivity index (χ1n) is 5.33. The Morgan fingerprint density at radius 2 is 0.188 bits per heavy atom. The van der Waals surface area contributed by atoms with Crippen LogP contribution in [0.1, 0.15) is 0 Å². The number of allylic oxidation sites excluding steroid dienone is 16. The van der Waals surface area contributed by atoms with E-state index in [9.17, 15) is 0 Å². The zero-order chi connectivity index (χ0) is 11.3. The third-order valence-corrected chi connectivity index (χ3v) is 1.78. The monoisotopic (exact) mass is 208 g/mol. The molecule has 0 heteroatoms. The summed E-state index contributed by atoms with van der Waals surface area (Å²) in [6.07, 6.45) is 32.0. The molecule has 1 aliphatic rings. The first-order chi connectivity index (χ1) is 8.00. The quantitative estimate of drug-likeness (QED) is 0.551. The third kappa shape index (κ3) is 7.34. The molecule has 1 aliphatic carbocycles. The molecule has 0 unspecified atom stereocenters. The third-order valence-electron chi connectivity index (χ3n) is 1.78. The van der Waals surface area contributed by atoms with Gasteiger partial charge in [0.2, 0.25) is 0 Å². The fourth-order valence-corrected chi connectivity index (χ4v) is 1.03. The predicted octanol–water partition coefficient (Wildman–Crippen LogP) is 4.45. The Morgan fingerprint density at radius 3 is 0.250 bits per heavy atom. The highest BCUT2D eigenvalue weighted by Gasteiger charge is 1.66. The summed E-state index contributed by atoms with van der Waals surface area (Å²) in [5.74, 6) is 0. The Bertz CT molecular complexity index is 242. The molecule has 0 aromatic heterocycles. The van der Waals surface area contributed by atoms with Crippen molar-refractivity contribution in [2.75, 3.05) is 0 Å². The van der Waals surface area contributed by atoms with Crippen LogP contribution in [0.3, 0.4) is 0 Å². The topological polar surface area (TPSA) is 0 Å². The highest BCUT2D eigenvalue weighted by Crippen LogP contribution is 1.88. The first kappa shape index (κ1) is 12.0. The van der Waals surface area contributed by atoms with Crippen molar-refractivity contribution in [3.8, 4) is 0 Å². The number of rotatable bonds is 0. The molecule has 0 heterocycles. The lowest BCUT2D eigenvalue weighted by Gasteiger charge is -1.77. The van der Waals surface area contributed by atoms with Gasteiger partial charge >= 0.3 is 0 Å². The Balaban J connectivity index is 2.67. The zero-order valence-electron chi connectivity index (χ0n) is 9.24. The summed E-state index contributed by atoms with van der Waals surface area (Å²) in [7, 11) is 0. The molecule has 80 valence electrons. The second-order valence-corrected chi connectivity index (χ2v) is 3.08. The van der Waals surface area contributed by atoms with Gasteiger partial charge in [0.05, 0.1) is 0 Å². The second kappa shape index (κ2) is 9.47. The van der Waals surface area contributed by atoms with Crippen molar-refractivity contribution in [2.24, 2.45) is 0 Å². The molecule has 0 radical (unpaired) electrons. The van der Waals surface area contributed by atoms with Gasteiger partial charge in [-0.05, 0) is 0 Å². The van der Waals surface area contributed by atoms with Crippen LogP contribution in [0.4, 0.5) is 0 Å². The maximum atomic E-state index is 2.00. The van der Waals surface area contributed by atoms with E-state index in [0.29, 0.717) is 0 Å². The maximum absolute atomic E-state index is 2.00. The van der Waals surface area contributed by atoms with Gasteiger partial charge in [0.1, 0.15) is 0 Å². The van der Waals surface area contributed by atoms with Crippen molar-refractivity contribution in [3.05, 3.63) is 97.2 Å². The zero-order valence-corrected chi connectivity index (χ0v) is 9.24. The normalized spacial score (nSPS) is 32.0. The first-order valence-corrected chi connectivity index (χ1v) is 5.33. The number of hydrogen-bond acceptors (Lipinski definition) is 0. The lowest BCUT2D eigenvalue weighted by molar-refractivity contribution is 1.81. The maximum Gasteiger partial charge on any atom is -0.0623 e. The minimum atomic E-state index is 2.00. The molecule has 0 saturated heterocycles. The summed E-state index contributed by atoms with van der Waals surface area (Å²) in [4.78, 5) is 0. The Labute approximate surface area is 97.7 Å². The van der Waals surface area contributed by atoms with Crippen LogP contribution in [0.2, 0.25) is 0 Å². The van der Waals surface area contributed by atoms with Gasteiger partial charge in [0, 0.05) is 0 Å². The highest BCUT2D eigenvalue weighted by atomic mass is 13.7. The smallest absolute Gasteiger partial charge is 0.0623 e. The van der Waals surface area contributed by atoms with Crippen LogP contribution in [0, 0.1) is 0 Å². The molecular weight excluding hydrogens is 192 g/mol. The lowest BCUT2D eigenvalue weighted by Crippen LogP contribution is -1.55. The van der Waals surface area contributed by atoms with Gasteiger partial charge in [-0.3, -0.25) is 0 Å². The van der Waals surface area contributed by atoms with Crippen molar-refractivity contribution >= 4 is 0 Å². The van der Waals surface area contributed by atoms with Gasteiger partial charge < -0.3 is 0 Å². The van der Waals surface area contributed by atoms with Crippen molar-refractivity contribution in [1.29, 1.82) is 0 Å². The molecule has 0 aromatic rings. The molecule has 1 rings (SSSR count). The molecule has 0 N–H and O–H groups in total. The van der Waals surface area contributed by atoms with Crippen LogP contribution in [0.15, 0.2) is 97.2 Å². The van der Waals surface area contributed by atoms with E-state index in [4.69, 9.17) is 0 Å². The van der Waals surface area contributed by atoms with E-state index in [0.717, 1.165) is 0 Å². The average molecular weight is 208 g/mol. The van der Waals surface area contributed by atoms with E-state index in [-0.39, 0.29) is 0 Å². The lowest BCUT2D eigenvalue weighted by atomic mass is 10.3. The molecule has 16 heavy (non-hydrogen) atoms. The highest BCUT2D eigenvalue weighted by molar-refractivity contribution is 5.23. The standard InChI is InChI=1S/C16H16/c1-2-4-6-8-10-12-14-16-15-13-11-9-7-5-3-1/h1-16H/b2-1-,3-1?,4-2?,5-3-,6-4+,7-5?,8-6?,9-7+,10-8-,11-9?,12-10?,13-11+,14-12-,15-13?,16-14?,16-15+. The van der Waals surface area contributed by atoms with Crippen molar-refractivity contribution < 1.29 is 0 Å². The molecular formula is C16H16. The minimum Gasteiger partial charge on any atom is -0.0623 e. The van der Waals surface area contributed by atoms with E-state index < -0.39 is 0 Å². The van der Waals surface area contributed by atoms with Gasteiger partial charge in [0.25, 0.3) is 0 Å². The summed E-state index contributed by atoms with van der Waals surface area (Å²) in [5.41, 5.74) is 0.